The molecule has 0 saturated carbocycles. The molecule has 2 aromatic rings. The quantitative estimate of drug-likeness (QED) is 0.895. The number of amides is 1. The first-order valence-corrected chi connectivity index (χ1v) is 6.97. The van der Waals surface area contributed by atoms with Gasteiger partial charge in [-0.1, -0.05) is 6.07 Å². The predicted molar refractivity (Wildman–Crippen MR) is 81.6 cm³/mol. The second-order valence-corrected chi connectivity index (χ2v) is 5.26. The molecule has 0 saturated heterocycles. The molecule has 1 heterocycles. The maximum absolute atomic E-state index is 12.7. The van der Waals surface area contributed by atoms with Gasteiger partial charge in [0.25, 0.3) is 5.91 Å². The summed E-state index contributed by atoms with van der Waals surface area (Å²) in [4.78, 5) is 15.8. The van der Waals surface area contributed by atoms with E-state index in [2.05, 4.69) is 15.6 Å². The van der Waals surface area contributed by atoms with E-state index >= 15 is 0 Å². The lowest BCUT2D eigenvalue weighted by Gasteiger charge is -2.11. The Morgan fingerprint density at radius 1 is 1.13 bits per heavy atom. The number of benzene rings is 1. The van der Waals surface area contributed by atoms with E-state index in [-0.39, 0.29) is 17.6 Å². The number of nitrogens with one attached hydrogen (secondary N) is 2. The standard InChI is InChI=1S/C16H16F3N3O/c1-10(2)21-15(23)14-7-6-13(9-20-14)22-12-5-3-4-11(8-12)16(17,18)19/h3-10,22H,1-2H3,(H,21,23). The minimum atomic E-state index is -4.39. The Morgan fingerprint density at radius 2 is 1.87 bits per heavy atom. The molecule has 122 valence electrons. The minimum absolute atomic E-state index is 0.00721. The van der Waals surface area contributed by atoms with E-state index < -0.39 is 11.7 Å². The van der Waals surface area contributed by atoms with Crippen LogP contribution in [0.1, 0.15) is 29.9 Å². The fourth-order valence-electron chi connectivity index (χ4n) is 1.88. The van der Waals surface area contributed by atoms with Gasteiger partial charge in [0.15, 0.2) is 0 Å². The van der Waals surface area contributed by atoms with Crippen molar-refractivity contribution < 1.29 is 18.0 Å². The van der Waals surface area contributed by atoms with Crippen LogP contribution < -0.4 is 10.6 Å². The molecule has 0 radical (unpaired) electrons. The van der Waals surface area contributed by atoms with Gasteiger partial charge in [0.05, 0.1) is 17.4 Å². The lowest BCUT2D eigenvalue weighted by Crippen LogP contribution is -2.30. The van der Waals surface area contributed by atoms with Crippen LogP contribution in [-0.2, 0) is 6.18 Å². The molecule has 0 atom stereocenters. The molecule has 2 rings (SSSR count). The lowest BCUT2D eigenvalue weighted by molar-refractivity contribution is -0.137. The van der Waals surface area contributed by atoms with E-state index in [1.165, 1.54) is 24.4 Å². The Morgan fingerprint density at radius 3 is 2.43 bits per heavy atom. The zero-order valence-corrected chi connectivity index (χ0v) is 12.6. The van der Waals surface area contributed by atoms with Crippen molar-refractivity contribution in [1.82, 2.24) is 10.3 Å². The molecular formula is C16H16F3N3O. The molecule has 0 fully saturated rings. The van der Waals surface area contributed by atoms with Crippen LogP contribution in [0.2, 0.25) is 0 Å². The third-order valence-corrected chi connectivity index (χ3v) is 2.89. The van der Waals surface area contributed by atoms with Gasteiger partial charge >= 0.3 is 6.18 Å². The third-order valence-electron chi connectivity index (χ3n) is 2.89. The zero-order valence-electron chi connectivity index (χ0n) is 12.6. The second kappa shape index (κ2) is 6.68. The summed E-state index contributed by atoms with van der Waals surface area (Å²) < 4.78 is 38.0. The fourth-order valence-corrected chi connectivity index (χ4v) is 1.88. The number of hydrogen-bond donors (Lipinski definition) is 2. The van der Waals surface area contributed by atoms with Gasteiger partial charge in [-0.2, -0.15) is 13.2 Å². The number of halogens is 3. The van der Waals surface area contributed by atoms with Gasteiger partial charge in [0.2, 0.25) is 0 Å². The van der Waals surface area contributed by atoms with Gasteiger partial charge < -0.3 is 10.6 Å². The van der Waals surface area contributed by atoms with Crippen LogP contribution >= 0.6 is 0 Å². The van der Waals surface area contributed by atoms with Crippen LogP contribution in [0.3, 0.4) is 0 Å². The average Bonchev–Trinajstić information content (AvgIpc) is 2.46. The van der Waals surface area contributed by atoms with E-state index in [0.29, 0.717) is 11.4 Å². The number of hydrogen-bond acceptors (Lipinski definition) is 3. The van der Waals surface area contributed by atoms with Gasteiger partial charge in [-0.3, -0.25) is 4.79 Å². The van der Waals surface area contributed by atoms with Crippen molar-refractivity contribution in [3.8, 4) is 0 Å². The number of carbonyl (C=O) groups excluding carboxylic acids is 1. The topological polar surface area (TPSA) is 54.0 Å². The van der Waals surface area contributed by atoms with Crippen molar-refractivity contribution in [2.75, 3.05) is 5.32 Å². The summed E-state index contributed by atoms with van der Waals surface area (Å²) in [6, 6.07) is 7.95. The molecule has 0 unspecified atom stereocenters. The van der Waals surface area contributed by atoms with Crippen molar-refractivity contribution in [2.24, 2.45) is 0 Å². The van der Waals surface area contributed by atoms with Gasteiger partial charge in [-0.15, -0.1) is 0 Å². The highest BCUT2D eigenvalue weighted by molar-refractivity contribution is 5.92. The molecule has 1 amide bonds. The maximum atomic E-state index is 12.7. The normalized spacial score (nSPS) is 11.4. The van der Waals surface area contributed by atoms with Crippen LogP contribution in [0.15, 0.2) is 42.6 Å². The van der Waals surface area contributed by atoms with Crippen LogP contribution in [-0.4, -0.2) is 16.9 Å². The van der Waals surface area contributed by atoms with E-state index in [9.17, 15) is 18.0 Å². The van der Waals surface area contributed by atoms with Gasteiger partial charge in [0.1, 0.15) is 5.69 Å². The van der Waals surface area contributed by atoms with Crippen molar-refractivity contribution in [3.63, 3.8) is 0 Å². The van der Waals surface area contributed by atoms with Crippen LogP contribution in [0.4, 0.5) is 24.5 Å². The summed E-state index contributed by atoms with van der Waals surface area (Å²) in [5, 5.41) is 5.53. The summed E-state index contributed by atoms with van der Waals surface area (Å²) in [7, 11) is 0. The van der Waals surface area contributed by atoms with Crippen molar-refractivity contribution in [3.05, 3.63) is 53.9 Å². The zero-order chi connectivity index (χ0) is 17.0. The van der Waals surface area contributed by atoms with Gasteiger partial charge in [0, 0.05) is 11.7 Å². The summed E-state index contributed by atoms with van der Waals surface area (Å²) in [5.74, 6) is -0.300. The lowest BCUT2D eigenvalue weighted by atomic mass is 10.2. The average molecular weight is 323 g/mol. The molecule has 0 aliphatic heterocycles. The number of nitrogens with zero attached hydrogens (tertiary/aromatic N) is 1. The molecule has 0 bridgehead atoms. The summed E-state index contributed by atoms with van der Waals surface area (Å²) in [6.07, 6.45) is -3.00. The molecule has 7 heteroatoms. The van der Waals surface area contributed by atoms with Gasteiger partial charge in [-0.05, 0) is 44.2 Å². The maximum Gasteiger partial charge on any atom is 0.416 e. The van der Waals surface area contributed by atoms with Crippen LogP contribution in [0.5, 0.6) is 0 Å². The van der Waals surface area contributed by atoms with Crippen LogP contribution in [0, 0.1) is 0 Å². The first kappa shape index (κ1) is 16.8. The monoisotopic (exact) mass is 323 g/mol. The Bertz CT molecular complexity index is 682. The number of pyridine rings is 1. The number of aromatic nitrogens is 1. The number of anilines is 2. The first-order valence-electron chi connectivity index (χ1n) is 6.97. The third kappa shape index (κ3) is 4.70. The van der Waals surface area contributed by atoms with E-state index in [0.717, 1.165) is 12.1 Å². The first-order chi connectivity index (χ1) is 10.8. The predicted octanol–water partition coefficient (Wildman–Crippen LogP) is 3.98. The smallest absolute Gasteiger partial charge is 0.354 e. The molecular weight excluding hydrogens is 307 g/mol. The molecule has 0 aliphatic rings. The highest BCUT2D eigenvalue weighted by Gasteiger charge is 2.30. The van der Waals surface area contributed by atoms with E-state index in [4.69, 9.17) is 0 Å². The van der Waals surface area contributed by atoms with Crippen molar-refractivity contribution in [2.45, 2.75) is 26.1 Å². The molecule has 0 spiro atoms. The highest BCUT2D eigenvalue weighted by atomic mass is 19.4. The van der Waals surface area contributed by atoms with Crippen LogP contribution in [0.25, 0.3) is 0 Å². The molecule has 4 nitrogen and oxygen atoms in total. The largest absolute Gasteiger partial charge is 0.416 e. The Labute approximate surface area is 131 Å². The number of rotatable bonds is 4. The van der Waals surface area contributed by atoms with E-state index in [1.54, 1.807) is 6.07 Å². The van der Waals surface area contributed by atoms with Crippen molar-refractivity contribution in [1.29, 1.82) is 0 Å². The molecule has 0 aliphatic carbocycles. The fraction of sp³-hybridized carbons (Fsp3) is 0.250. The number of alkyl halides is 3. The summed E-state index contributed by atoms with van der Waals surface area (Å²) in [6.45, 7) is 3.67. The SMILES string of the molecule is CC(C)NC(=O)c1ccc(Nc2cccc(C(F)(F)F)c2)cn1. The molecule has 23 heavy (non-hydrogen) atoms. The Kier molecular flexibility index (Phi) is 4.88. The second-order valence-electron chi connectivity index (χ2n) is 5.26. The van der Waals surface area contributed by atoms with Gasteiger partial charge in [-0.25, -0.2) is 4.98 Å². The minimum Gasteiger partial charge on any atom is -0.354 e. The van der Waals surface area contributed by atoms with E-state index in [1.807, 2.05) is 13.8 Å². The molecule has 1 aromatic carbocycles. The number of carbonyl (C=O) groups is 1. The molecule has 2 N–H and O–H groups in total. The Balaban J connectivity index is 2.11. The molecule has 1 aromatic heterocycles. The van der Waals surface area contributed by atoms with Crippen molar-refractivity contribution >= 4 is 17.3 Å². The highest BCUT2D eigenvalue weighted by Crippen LogP contribution is 2.31. The summed E-state index contributed by atoms with van der Waals surface area (Å²) in [5.41, 5.74) is 0.295. The summed E-state index contributed by atoms with van der Waals surface area (Å²) >= 11 is 0. The Hall–Kier alpha value is -2.57.